The molecule has 1 heterocycles. The van der Waals surface area contributed by atoms with Crippen LogP contribution in [0.3, 0.4) is 0 Å². The lowest BCUT2D eigenvalue weighted by molar-refractivity contribution is -0.125. The Kier molecular flexibility index (Phi) is 7.58. The fraction of sp³-hybridized carbons (Fsp3) is 0.929. The van der Waals surface area contributed by atoms with E-state index in [9.17, 15) is 13.2 Å². The zero-order valence-corrected chi connectivity index (χ0v) is 14.8. The third kappa shape index (κ3) is 4.81. The predicted octanol–water partition coefficient (Wildman–Crippen LogP) is 0.856. The summed E-state index contributed by atoms with van der Waals surface area (Å²) in [6, 6.07) is -0.544. The first-order valence-electron chi connectivity index (χ1n) is 7.99. The van der Waals surface area contributed by atoms with Crippen LogP contribution in [-0.2, 0) is 14.8 Å². The van der Waals surface area contributed by atoms with Crippen molar-refractivity contribution >= 4 is 28.3 Å². The van der Waals surface area contributed by atoms with E-state index in [1.54, 1.807) is 0 Å². The average Bonchev–Trinajstić information content (AvgIpc) is 3.17. The standard InChI is InChI=1S/C14H27N3O3S.ClH/c1-2-3-9-21(19,20)17-8-4-5-13(17)14(18)16-12(10-15)11-6-7-11;/h11-13H,2-10,15H2,1H3,(H,16,18);1H. The summed E-state index contributed by atoms with van der Waals surface area (Å²) in [5.41, 5.74) is 5.70. The van der Waals surface area contributed by atoms with Crippen LogP contribution >= 0.6 is 12.4 Å². The van der Waals surface area contributed by atoms with E-state index in [0.717, 1.165) is 25.7 Å². The molecule has 1 saturated carbocycles. The van der Waals surface area contributed by atoms with Gasteiger partial charge in [-0.1, -0.05) is 13.3 Å². The molecular formula is C14H28ClN3O3S. The maximum atomic E-state index is 12.4. The number of hydrogen-bond acceptors (Lipinski definition) is 4. The monoisotopic (exact) mass is 353 g/mol. The number of nitrogens with one attached hydrogen (secondary N) is 1. The van der Waals surface area contributed by atoms with Crippen molar-refractivity contribution in [2.24, 2.45) is 11.7 Å². The van der Waals surface area contributed by atoms with Gasteiger partial charge in [0.25, 0.3) is 0 Å². The molecule has 2 rings (SSSR count). The predicted molar refractivity (Wildman–Crippen MR) is 89.4 cm³/mol. The van der Waals surface area contributed by atoms with E-state index in [1.807, 2.05) is 6.92 Å². The number of sulfonamides is 1. The summed E-state index contributed by atoms with van der Waals surface area (Å²) in [6.07, 6.45) is 5.04. The Hall–Kier alpha value is -0.370. The minimum atomic E-state index is -3.32. The molecule has 1 amide bonds. The van der Waals surface area contributed by atoms with Crippen LogP contribution in [0.1, 0.15) is 45.4 Å². The Bertz CT molecular complexity index is 468. The van der Waals surface area contributed by atoms with E-state index in [0.29, 0.717) is 31.8 Å². The van der Waals surface area contributed by atoms with Gasteiger partial charge in [0.05, 0.1) is 5.75 Å². The van der Waals surface area contributed by atoms with Crippen LogP contribution in [0, 0.1) is 5.92 Å². The summed E-state index contributed by atoms with van der Waals surface area (Å²) >= 11 is 0. The third-order valence-electron chi connectivity index (χ3n) is 4.39. The van der Waals surface area contributed by atoms with Crippen molar-refractivity contribution in [1.29, 1.82) is 0 Å². The van der Waals surface area contributed by atoms with Crippen LogP contribution in [0.5, 0.6) is 0 Å². The molecule has 0 spiro atoms. The summed E-state index contributed by atoms with van der Waals surface area (Å²) in [5.74, 6) is 0.441. The molecule has 0 aromatic carbocycles. The second kappa shape index (κ2) is 8.47. The summed E-state index contributed by atoms with van der Waals surface area (Å²) in [6.45, 7) is 2.84. The van der Waals surface area contributed by atoms with Crippen LogP contribution in [0.25, 0.3) is 0 Å². The molecular weight excluding hydrogens is 326 g/mol. The van der Waals surface area contributed by atoms with Crippen molar-refractivity contribution in [3.05, 3.63) is 0 Å². The third-order valence-corrected chi connectivity index (χ3v) is 6.35. The van der Waals surface area contributed by atoms with E-state index in [-0.39, 0.29) is 30.1 Å². The van der Waals surface area contributed by atoms with E-state index in [4.69, 9.17) is 5.73 Å². The van der Waals surface area contributed by atoms with Crippen LogP contribution < -0.4 is 11.1 Å². The highest BCUT2D eigenvalue weighted by Crippen LogP contribution is 2.32. The Morgan fingerprint density at radius 1 is 1.36 bits per heavy atom. The van der Waals surface area contributed by atoms with Gasteiger partial charge in [0.2, 0.25) is 15.9 Å². The maximum absolute atomic E-state index is 12.4. The summed E-state index contributed by atoms with van der Waals surface area (Å²) < 4.78 is 26.1. The second-order valence-electron chi connectivity index (χ2n) is 6.13. The molecule has 130 valence electrons. The number of halogens is 1. The van der Waals surface area contributed by atoms with Crippen molar-refractivity contribution < 1.29 is 13.2 Å². The molecule has 0 aromatic heterocycles. The summed E-state index contributed by atoms with van der Waals surface area (Å²) in [5, 5.41) is 2.96. The van der Waals surface area contributed by atoms with Gasteiger partial charge in [-0.15, -0.1) is 12.4 Å². The first-order chi connectivity index (χ1) is 9.99. The number of carbonyl (C=O) groups excluding carboxylic acids is 1. The van der Waals surface area contributed by atoms with E-state index >= 15 is 0 Å². The minimum absolute atomic E-state index is 0. The lowest BCUT2D eigenvalue weighted by Crippen LogP contribution is -2.51. The highest BCUT2D eigenvalue weighted by molar-refractivity contribution is 7.89. The highest BCUT2D eigenvalue weighted by atomic mass is 35.5. The number of nitrogens with zero attached hydrogens (tertiary/aromatic N) is 1. The average molecular weight is 354 g/mol. The fourth-order valence-electron chi connectivity index (χ4n) is 2.93. The fourth-order valence-corrected chi connectivity index (χ4v) is 4.81. The SMILES string of the molecule is CCCCS(=O)(=O)N1CCCC1C(=O)NC(CN)C1CC1.Cl. The minimum Gasteiger partial charge on any atom is -0.350 e. The molecule has 2 atom stereocenters. The number of nitrogens with two attached hydrogens (primary N) is 1. The van der Waals surface area contributed by atoms with E-state index in [1.165, 1.54) is 4.31 Å². The van der Waals surface area contributed by atoms with Gasteiger partial charge in [-0.3, -0.25) is 4.79 Å². The number of rotatable bonds is 8. The molecule has 8 heteroatoms. The van der Waals surface area contributed by atoms with Crippen LogP contribution in [0.4, 0.5) is 0 Å². The normalized spacial score (nSPS) is 23.8. The molecule has 2 fully saturated rings. The quantitative estimate of drug-likeness (QED) is 0.676. The molecule has 3 N–H and O–H groups in total. The smallest absolute Gasteiger partial charge is 0.238 e. The van der Waals surface area contributed by atoms with Gasteiger partial charge in [0.15, 0.2) is 0 Å². The Labute approximate surface area is 139 Å². The topological polar surface area (TPSA) is 92.5 Å². The van der Waals surface area contributed by atoms with Crippen LogP contribution in [-0.4, -0.2) is 49.6 Å². The van der Waals surface area contributed by atoms with Crippen molar-refractivity contribution in [3.8, 4) is 0 Å². The molecule has 2 aliphatic rings. The number of unbranched alkanes of at least 4 members (excludes halogenated alkanes) is 1. The zero-order valence-electron chi connectivity index (χ0n) is 13.2. The van der Waals surface area contributed by atoms with E-state index < -0.39 is 16.1 Å². The van der Waals surface area contributed by atoms with Crippen LogP contribution in [0.2, 0.25) is 0 Å². The Balaban J connectivity index is 0.00000242. The first-order valence-corrected chi connectivity index (χ1v) is 9.60. The number of hydrogen-bond donors (Lipinski definition) is 2. The molecule has 0 radical (unpaired) electrons. The van der Waals surface area contributed by atoms with Gasteiger partial charge >= 0.3 is 0 Å². The maximum Gasteiger partial charge on any atom is 0.238 e. The molecule has 0 bridgehead atoms. The first kappa shape index (κ1) is 19.7. The molecule has 0 aromatic rings. The van der Waals surface area contributed by atoms with Gasteiger partial charge in [-0.25, -0.2) is 8.42 Å². The molecule has 1 saturated heterocycles. The number of carbonyl (C=O) groups is 1. The lowest BCUT2D eigenvalue weighted by Gasteiger charge is -2.25. The van der Waals surface area contributed by atoms with Gasteiger partial charge < -0.3 is 11.1 Å². The van der Waals surface area contributed by atoms with Gasteiger partial charge in [-0.05, 0) is 38.0 Å². The van der Waals surface area contributed by atoms with Crippen LogP contribution in [0.15, 0.2) is 0 Å². The zero-order chi connectivity index (χ0) is 15.5. The molecule has 1 aliphatic carbocycles. The highest BCUT2D eigenvalue weighted by Gasteiger charge is 2.40. The summed E-state index contributed by atoms with van der Waals surface area (Å²) in [7, 11) is -3.32. The summed E-state index contributed by atoms with van der Waals surface area (Å²) in [4.78, 5) is 12.4. The molecule has 22 heavy (non-hydrogen) atoms. The lowest BCUT2D eigenvalue weighted by atomic mass is 10.1. The van der Waals surface area contributed by atoms with Gasteiger partial charge in [0.1, 0.15) is 6.04 Å². The van der Waals surface area contributed by atoms with Crippen molar-refractivity contribution in [3.63, 3.8) is 0 Å². The Morgan fingerprint density at radius 3 is 2.59 bits per heavy atom. The number of amides is 1. The molecule has 2 unspecified atom stereocenters. The van der Waals surface area contributed by atoms with Crippen molar-refractivity contribution in [2.45, 2.75) is 57.5 Å². The Morgan fingerprint density at radius 2 is 2.05 bits per heavy atom. The van der Waals surface area contributed by atoms with Crippen molar-refractivity contribution in [1.82, 2.24) is 9.62 Å². The largest absolute Gasteiger partial charge is 0.350 e. The van der Waals surface area contributed by atoms with E-state index in [2.05, 4.69) is 5.32 Å². The van der Waals surface area contributed by atoms with Gasteiger partial charge in [0, 0.05) is 19.1 Å². The van der Waals surface area contributed by atoms with Gasteiger partial charge in [-0.2, -0.15) is 4.31 Å². The molecule has 6 nitrogen and oxygen atoms in total. The molecule has 1 aliphatic heterocycles. The second-order valence-corrected chi connectivity index (χ2v) is 8.17. The van der Waals surface area contributed by atoms with Crippen molar-refractivity contribution in [2.75, 3.05) is 18.8 Å².